The van der Waals surface area contributed by atoms with Gasteiger partial charge in [0.05, 0.1) is 23.0 Å². The van der Waals surface area contributed by atoms with Crippen LogP contribution in [0, 0.1) is 17.1 Å². The number of anilines is 2. The van der Waals surface area contributed by atoms with Crippen LogP contribution in [-0.4, -0.2) is 11.0 Å². The largest absolute Gasteiger partial charge is 0.325 e. The molecule has 2 N–H and O–H groups in total. The van der Waals surface area contributed by atoms with Crippen LogP contribution >= 0.6 is 11.3 Å². The summed E-state index contributed by atoms with van der Waals surface area (Å²) in [6.45, 7) is 0. The number of thiazole rings is 1. The molecule has 5 nitrogen and oxygen atoms in total. The highest BCUT2D eigenvalue weighted by Gasteiger charge is 2.10. The fourth-order valence-corrected chi connectivity index (χ4v) is 2.71. The molecule has 118 valence electrons. The van der Waals surface area contributed by atoms with E-state index in [0.29, 0.717) is 16.4 Å². The number of hydrogen-bond donors (Lipinski definition) is 2. The number of amides is 2. The summed E-state index contributed by atoms with van der Waals surface area (Å²) >= 11 is 1.26. The normalized spacial score (nSPS) is 10.0. The summed E-state index contributed by atoms with van der Waals surface area (Å²) in [7, 11) is 0. The smallest absolute Gasteiger partial charge is 0.305 e. The molecule has 0 saturated carbocycles. The number of nitriles is 1. The zero-order chi connectivity index (χ0) is 16.9. The Morgan fingerprint density at radius 1 is 1.12 bits per heavy atom. The summed E-state index contributed by atoms with van der Waals surface area (Å²) in [6.07, 6.45) is 0. The van der Waals surface area contributed by atoms with Crippen LogP contribution in [0.1, 0.15) is 5.56 Å². The number of aromatic nitrogens is 1. The molecule has 0 bridgehead atoms. The standard InChI is InChI=1S/C17H11FN4OS/c18-13-3-1-2-4-14(13)20-16(23)22-17-21-15(10-24-17)12-7-5-11(9-19)6-8-12/h1-8,10H,(H2,20,21,22,23). The Labute approximate surface area is 141 Å². The van der Waals surface area contributed by atoms with E-state index < -0.39 is 11.8 Å². The third-order valence-corrected chi connectivity index (χ3v) is 3.91. The Hall–Kier alpha value is -3.24. The lowest BCUT2D eigenvalue weighted by Crippen LogP contribution is -2.19. The van der Waals surface area contributed by atoms with Crippen molar-refractivity contribution in [1.82, 2.24) is 4.98 Å². The highest BCUT2D eigenvalue weighted by molar-refractivity contribution is 7.14. The van der Waals surface area contributed by atoms with Crippen LogP contribution in [-0.2, 0) is 0 Å². The van der Waals surface area contributed by atoms with Crippen LogP contribution in [0.15, 0.2) is 53.9 Å². The van der Waals surface area contributed by atoms with Gasteiger partial charge in [-0.3, -0.25) is 5.32 Å². The number of rotatable bonds is 3. The van der Waals surface area contributed by atoms with Crippen molar-refractivity contribution in [2.24, 2.45) is 0 Å². The van der Waals surface area contributed by atoms with Gasteiger partial charge in [0.2, 0.25) is 0 Å². The van der Waals surface area contributed by atoms with E-state index in [9.17, 15) is 9.18 Å². The lowest BCUT2D eigenvalue weighted by Gasteiger charge is -2.05. The van der Waals surface area contributed by atoms with Gasteiger partial charge in [-0.1, -0.05) is 24.3 Å². The number of urea groups is 1. The first-order valence-corrected chi connectivity index (χ1v) is 7.82. The third-order valence-electron chi connectivity index (χ3n) is 3.16. The van der Waals surface area contributed by atoms with Gasteiger partial charge in [-0.05, 0) is 24.3 Å². The average Bonchev–Trinajstić information content (AvgIpc) is 3.05. The molecule has 0 aliphatic rings. The molecule has 3 aromatic rings. The highest BCUT2D eigenvalue weighted by Crippen LogP contribution is 2.25. The van der Waals surface area contributed by atoms with Crippen molar-refractivity contribution in [2.75, 3.05) is 10.6 Å². The average molecular weight is 338 g/mol. The summed E-state index contributed by atoms with van der Waals surface area (Å²) in [5, 5.41) is 16.0. The van der Waals surface area contributed by atoms with Crippen molar-refractivity contribution in [3.8, 4) is 17.3 Å². The third kappa shape index (κ3) is 3.56. The van der Waals surface area contributed by atoms with E-state index in [-0.39, 0.29) is 5.69 Å². The number of carbonyl (C=O) groups excluding carboxylic acids is 1. The maximum atomic E-state index is 13.5. The quantitative estimate of drug-likeness (QED) is 0.740. The van der Waals surface area contributed by atoms with E-state index in [0.717, 1.165) is 5.56 Å². The molecule has 24 heavy (non-hydrogen) atoms. The molecule has 0 saturated heterocycles. The molecule has 3 rings (SSSR count). The van der Waals surface area contributed by atoms with Gasteiger partial charge in [-0.25, -0.2) is 14.2 Å². The second kappa shape index (κ2) is 6.89. The minimum absolute atomic E-state index is 0.0962. The fourth-order valence-electron chi connectivity index (χ4n) is 1.99. The summed E-state index contributed by atoms with van der Waals surface area (Å²) in [5.74, 6) is -0.509. The van der Waals surface area contributed by atoms with E-state index in [1.54, 1.807) is 41.8 Å². The van der Waals surface area contributed by atoms with Gasteiger partial charge < -0.3 is 5.32 Å². The van der Waals surface area contributed by atoms with E-state index in [1.807, 2.05) is 0 Å². The molecule has 0 aliphatic heterocycles. The van der Waals surface area contributed by atoms with E-state index in [1.165, 1.54) is 23.5 Å². The molecule has 0 fully saturated rings. The molecule has 2 amide bonds. The minimum Gasteiger partial charge on any atom is -0.305 e. The van der Waals surface area contributed by atoms with Crippen LogP contribution in [0.4, 0.5) is 20.0 Å². The van der Waals surface area contributed by atoms with Crippen LogP contribution < -0.4 is 10.6 Å². The molecule has 2 aromatic carbocycles. The minimum atomic E-state index is -0.569. The summed E-state index contributed by atoms with van der Waals surface area (Å²) in [4.78, 5) is 16.2. The number of nitrogens with zero attached hydrogens (tertiary/aromatic N) is 2. The van der Waals surface area contributed by atoms with Gasteiger partial charge in [0, 0.05) is 10.9 Å². The SMILES string of the molecule is N#Cc1ccc(-c2csc(NC(=O)Nc3ccccc3F)n2)cc1. The van der Waals surface area contributed by atoms with Crippen LogP contribution in [0.3, 0.4) is 0 Å². The maximum Gasteiger partial charge on any atom is 0.325 e. The molecule has 1 aromatic heterocycles. The van der Waals surface area contributed by atoms with Crippen LogP contribution in [0.5, 0.6) is 0 Å². The fraction of sp³-hybridized carbons (Fsp3) is 0. The van der Waals surface area contributed by atoms with Crippen molar-refractivity contribution in [3.05, 3.63) is 65.3 Å². The molecule has 0 atom stereocenters. The molecule has 0 radical (unpaired) electrons. The van der Waals surface area contributed by atoms with Crippen LogP contribution in [0.2, 0.25) is 0 Å². The first kappa shape index (κ1) is 15.6. The van der Waals surface area contributed by atoms with Crippen molar-refractivity contribution in [3.63, 3.8) is 0 Å². The molecular formula is C17H11FN4OS. The predicted molar refractivity (Wildman–Crippen MR) is 91.3 cm³/mol. The van der Waals surface area contributed by atoms with Gasteiger partial charge in [0.15, 0.2) is 5.13 Å². The lowest BCUT2D eigenvalue weighted by molar-refractivity contribution is 0.262. The zero-order valence-corrected chi connectivity index (χ0v) is 13.1. The number of hydrogen-bond acceptors (Lipinski definition) is 4. The number of halogens is 1. The van der Waals surface area contributed by atoms with Gasteiger partial charge in [-0.15, -0.1) is 11.3 Å². The Morgan fingerprint density at radius 3 is 2.58 bits per heavy atom. The summed E-state index contributed by atoms with van der Waals surface area (Å²) in [5.41, 5.74) is 2.19. The Morgan fingerprint density at radius 2 is 1.88 bits per heavy atom. The second-order valence-electron chi connectivity index (χ2n) is 4.79. The monoisotopic (exact) mass is 338 g/mol. The Balaban J connectivity index is 1.68. The molecule has 0 aliphatic carbocycles. The first-order valence-electron chi connectivity index (χ1n) is 6.94. The molecule has 1 heterocycles. The van der Waals surface area contributed by atoms with Gasteiger partial charge >= 0.3 is 6.03 Å². The number of para-hydroxylation sites is 1. The van der Waals surface area contributed by atoms with Crippen molar-refractivity contribution in [1.29, 1.82) is 5.26 Å². The lowest BCUT2D eigenvalue weighted by atomic mass is 10.1. The van der Waals surface area contributed by atoms with Crippen molar-refractivity contribution in [2.45, 2.75) is 0 Å². The number of benzene rings is 2. The van der Waals surface area contributed by atoms with Crippen molar-refractivity contribution < 1.29 is 9.18 Å². The number of nitrogens with one attached hydrogen (secondary N) is 2. The zero-order valence-electron chi connectivity index (χ0n) is 12.3. The number of carbonyl (C=O) groups is 1. The molecular weight excluding hydrogens is 327 g/mol. The maximum absolute atomic E-state index is 13.5. The van der Waals surface area contributed by atoms with Crippen molar-refractivity contribution >= 4 is 28.2 Å². The topological polar surface area (TPSA) is 77.8 Å². The van der Waals surface area contributed by atoms with Gasteiger partial charge in [0.1, 0.15) is 5.82 Å². The molecule has 0 spiro atoms. The van der Waals surface area contributed by atoms with Gasteiger partial charge in [-0.2, -0.15) is 5.26 Å². The molecule has 7 heteroatoms. The second-order valence-corrected chi connectivity index (χ2v) is 5.64. The van der Waals surface area contributed by atoms with Crippen LogP contribution in [0.25, 0.3) is 11.3 Å². The van der Waals surface area contributed by atoms with E-state index in [2.05, 4.69) is 21.7 Å². The summed E-state index contributed by atoms with van der Waals surface area (Å²) in [6, 6.07) is 14.4. The first-order chi connectivity index (χ1) is 11.7. The predicted octanol–water partition coefficient (Wildman–Crippen LogP) is 4.46. The summed E-state index contributed by atoms with van der Waals surface area (Å²) < 4.78 is 13.5. The molecule has 0 unspecified atom stereocenters. The highest BCUT2D eigenvalue weighted by atomic mass is 32.1. The van der Waals surface area contributed by atoms with E-state index >= 15 is 0 Å². The Bertz CT molecular complexity index is 915. The Kier molecular flexibility index (Phi) is 4.50. The van der Waals surface area contributed by atoms with E-state index in [4.69, 9.17) is 5.26 Å². The van der Waals surface area contributed by atoms with Gasteiger partial charge in [0.25, 0.3) is 0 Å².